The summed E-state index contributed by atoms with van der Waals surface area (Å²) in [7, 11) is 0. The van der Waals surface area contributed by atoms with Gasteiger partial charge < -0.3 is 47.4 Å². The van der Waals surface area contributed by atoms with Crippen molar-refractivity contribution in [3.63, 3.8) is 0 Å². The normalized spacial score (nSPS) is 15.8. The zero-order valence-electron chi connectivity index (χ0n) is 50.5. The van der Waals surface area contributed by atoms with Crippen LogP contribution in [0.1, 0.15) is 107 Å². The summed E-state index contributed by atoms with van der Waals surface area (Å²) in [5.74, 6) is 0.328. The summed E-state index contributed by atoms with van der Waals surface area (Å²) in [6.07, 6.45) is 8.04. The molecule has 0 N–H and O–H groups in total. The first-order valence-electron chi connectivity index (χ1n) is 30.8. The third-order valence-electron chi connectivity index (χ3n) is 16.1. The number of ether oxygens (including phenoxy) is 10. The number of hydrogen-bond donors (Lipinski definition) is 0. The van der Waals surface area contributed by atoms with Crippen molar-refractivity contribution in [2.45, 2.75) is 76.4 Å². The Bertz CT molecular complexity index is 3950. The van der Waals surface area contributed by atoms with Crippen LogP contribution >= 0.6 is 0 Å². The minimum Gasteiger partial charge on any atom is -0.494 e. The lowest BCUT2D eigenvalue weighted by Gasteiger charge is -2.19. The van der Waals surface area contributed by atoms with Crippen LogP contribution in [0.5, 0.6) is 34.5 Å². The van der Waals surface area contributed by atoms with Crippen molar-refractivity contribution in [2.24, 2.45) is 0 Å². The lowest BCUT2D eigenvalue weighted by molar-refractivity contribution is 0.0723. The van der Waals surface area contributed by atoms with Gasteiger partial charge in [-0.25, -0.2) is 19.2 Å². The Balaban J connectivity index is 0.677. The highest BCUT2D eigenvalue weighted by Crippen LogP contribution is 2.46. The Labute approximate surface area is 522 Å². The maximum Gasteiger partial charge on any atom is 0.343 e. The molecule has 10 aromatic rings. The smallest absolute Gasteiger partial charge is 0.343 e. The monoisotopic (exact) mass is 1210 g/mol. The lowest BCUT2D eigenvalue weighted by atomic mass is 9.92. The van der Waals surface area contributed by atoms with E-state index in [4.69, 9.17) is 47.4 Å². The van der Waals surface area contributed by atoms with E-state index in [1.807, 2.05) is 60.7 Å². The molecule has 2 aliphatic rings. The fourth-order valence-electron chi connectivity index (χ4n) is 10.7. The third-order valence-corrected chi connectivity index (χ3v) is 16.1. The molecule has 0 saturated carbocycles. The van der Waals surface area contributed by atoms with Crippen molar-refractivity contribution in [1.82, 2.24) is 0 Å². The zero-order valence-corrected chi connectivity index (χ0v) is 50.5. The first-order chi connectivity index (χ1) is 43.9. The summed E-state index contributed by atoms with van der Waals surface area (Å²) in [6, 6.07) is 57.5. The number of fused-ring (bicyclic) bond motifs is 4. The van der Waals surface area contributed by atoms with E-state index in [2.05, 4.69) is 13.8 Å². The van der Waals surface area contributed by atoms with Crippen LogP contribution in [0.25, 0.3) is 54.2 Å². The quantitative estimate of drug-likeness (QED) is 0.0188. The number of benzene rings is 10. The van der Waals surface area contributed by atoms with Gasteiger partial charge in [-0.15, -0.1) is 0 Å². The zero-order chi connectivity index (χ0) is 61.9. The van der Waals surface area contributed by atoms with Gasteiger partial charge in [-0.05, 0) is 205 Å². The summed E-state index contributed by atoms with van der Waals surface area (Å²) >= 11 is 0. The summed E-state index contributed by atoms with van der Waals surface area (Å²) in [6.45, 7) is 9.60. The Morgan fingerprint density at radius 3 is 1.09 bits per heavy atom. The first-order valence-corrected chi connectivity index (χ1v) is 30.8. The van der Waals surface area contributed by atoms with E-state index in [9.17, 15) is 19.2 Å². The summed E-state index contributed by atoms with van der Waals surface area (Å²) in [4.78, 5) is 55.2. The number of carbonyl (C=O) groups is 4. The predicted molar refractivity (Wildman–Crippen MR) is 346 cm³/mol. The molecule has 0 aromatic heterocycles. The molecule has 458 valence electrons. The number of epoxide rings is 2. The van der Waals surface area contributed by atoms with E-state index in [-0.39, 0.29) is 22.7 Å². The molecule has 0 aliphatic carbocycles. The minimum atomic E-state index is -0.608. The SMILES string of the molecule is CC1(COCCCCCCOc2ccc(C(=O)Oc3ccc4cc(C(=O)Oc5ccc6ccccc6c5-c5c(OC(=O)c6ccc7cc(OC(=O)c8ccc(OCCCCCCOCC9(C)CO9)cc8)ccc7c6)ccc6ccccc56)ccc4c3)cc2)CO1. The predicted octanol–water partition coefficient (Wildman–Crippen LogP) is 16.3. The van der Waals surface area contributed by atoms with Crippen molar-refractivity contribution in [3.8, 4) is 45.6 Å². The molecule has 10 aromatic carbocycles. The maximum absolute atomic E-state index is 14.4. The molecule has 2 aliphatic heterocycles. The molecule has 0 spiro atoms. The number of rotatable bonds is 29. The maximum atomic E-state index is 14.4. The van der Waals surface area contributed by atoms with Gasteiger partial charge in [-0.1, -0.05) is 97.8 Å². The Morgan fingerprint density at radius 2 is 0.678 bits per heavy atom. The Kier molecular flexibility index (Phi) is 18.9. The fraction of sp³-hybridized carbons (Fsp3) is 0.263. The molecule has 14 heteroatoms. The molecular formula is C76H70O14. The highest BCUT2D eigenvalue weighted by molar-refractivity contribution is 6.12. The van der Waals surface area contributed by atoms with Gasteiger partial charge in [0.1, 0.15) is 45.7 Å². The van der Waals surface area contributed by atoms with Gasteiger partial charge in [0.05, 0.1) is 61.9 Å². The van der Waals surface area contributed by atoms with Gasteiger partial charge >= 0.3 is 23.9 Å². The number of hydrogen-bond acceptors (Lipinski definition) is 14. The summed E-state index contributed by atoms with van der Waals surface area (Å²) in [5, 5.41) is 6.24. The van der Waals surface area contributed by atoms with Gasteiger partial charge in [-0.2, -0.15) is 0 Å². The van der Waals surface area contributed by atoms with E-state index >= 15 is 0 Å². The van der Waals surface area contributed by atoms with Crippen LogP contribution in [0, 0.1) is 0 Å². The minimum absolute atomic E-state index is 0.0733. The Morgan fingerprint density at radius 1 is 0.344 bits per heavy atom. The fourth-order valence-corrected chi connectivity index (χ4v) is 10.7. The van der Waals surface area contributed by atoms with Crippen LogP contribution in [0.2, 0.25) is 0 Å². The number of unbranched alkanes of at least 4 members (excludes halogenated alkanes) is 6. The van der Waals surface area contributed by atoms with E-state index in [1.54, 1.807) is 133 Å². The van der Waals surface area contributed by atoms with Gasteiger partial charge in [0.25, 0.3) is 0 Å². The first kappa shape index (κ1) is 60.8. The summed E-state index contributed by atoms with van der Waals surface area (Å²) in [5.41, 5.74) is 2.32. The van der Waals surface area contributed by atoms with Crippen LogP contribution in [-0.4, -0.2) is 87.9 Å². The highest BCUT2D eigenvalue weighted by Gasteiger charge is 2.40. The van der Waals surface area contributed by atoms with Crippen molar-refractivity contribution < 1.29 is 66.5 Å². The number of carbonyl (C=O) groups excluding carboxylic acids is 4. The lowest BCUT2D eigenvalue weighted by Crippen LogP contribution is -2.14. The molecule has 0 bridgehead atoms. The van der Waals surface area contributed by atoms with Crippen molar-refractivity contribution in [2.75, 3.05) is 52.9 Å². The van der Waals surface area contributed by atoms with Crippen LogP contribution < -0.4 is 28.4 Å². The van der Waals surface area contributed by atoms with Crippen LogP contribution in [-0.2, 0) is 18.9 Å². The number of esters is 4. The van der Waals surface area contributed by atoms with Crippen LogP contribution in [0.3, 0.4) is 0 Å². The largest absolute Gasteiger partial charge is 0.494 e. The molecule has 12 rings (SSSR count). The third kappa shape index (κ3) is 15.5. The molecule has 0 radical (unpaired) electrons. The van der Waals surface area contributed by atoms with Crippen molar-refractivity contribution in [1.29, 1.82) is 0 Å². The van der Waals surface area contributed by atoms with E-state index in [0.717, 1.165) is 121 Å². The second-order valence-electron chi connectivity index (χ2n) is 23.5. The van der Waals surface area contributed by atoms with E-state index in [1.165, 1.54) is 0 Å². The van der Waals surface area contributed by atoms with Gasteiger partial charge in [0.15, 0.2) is 0 Å². The second-order valence-corrected chi connectivity index (χ2v) is 23.5. The average Bonchev–Trinajstić information content (AvgIpc) is 1.20. The molecule has 2 fully saturated rings. The van der Waals surface area contributed by atoms with Crippen molar-refractivity contribution >= 4 is 67.0 Å². The van der Waals surface area contributed by atoms with Gasteiger partial charge in [0.2, 0.25) is 0 Å². The summed E-state index contributed by atoms with van der Waals surface area (Å²) < 4.78 is 58.3. The van der Waals surface area contributed by atoms with Crippen molar-refractivity contribution in [3.05, 3.63) is 216 Å². The molecular weight excluding hydrogens is 1140 g/mol. The molecule has 90 heavy (non-hydrogen) atoms. The molecule has 14 nitrogen and oxygen atoms in total. The van der Waals surface area contributed by atoms with Gasteiger partial charge in [0, 0.05) is 24.3 Å². The molecule has 2 unspecified atom stereocenters. The molecule has 2 atom stereocenters. The molecule has 0 amide bonds. The highest BCUT2D eigenvalue weighted by atomic mass is 16.6. The topological polar surface area (TPSA) is 167 Å². The van der Waals surface area contributed by atoms with Crippen LogP contribution in [0.15, 0.2) is 194 Å². The standard InChI is InChI=1S/C76H70O14/c1-75(49-85-75)47-81-39-11-3-5-13-41-83-61-31-23-53(24-32-61)71(77)87-63-35-27-55-43-59(21-19-57(55)45-63)73(79)89-67-37-29-51-15-7-9-17-65(51)69(67)70-66-18-10-8-16-52(66)30-38-68(70)90-74(80)60-22-20-58-46-64(36-28-56(58)44-60)88-72(78)54-25-33-62(34-26-54)84-42-14-6-4-12-40-82-48-76(2)50-86-76/h7-10,15-38,43-46H,3-6,11-14,39-42,47-50H2,1-2H3. The van der Waals surface area contributed by atoms with E-state index < -0.39 is 23.9 Å². The molecule has 2 saturated heterocycles. The van der Waals surface area contributed by atoms with Crippen LogP contribution in [0.4, 0.5) is 0 Å². The second kappa shape index (κ2) is 27.9. The average molecular weight is 1210 g/mol. The molecule has 2 heterocycles. The Hall–Kier alpha value is -9.44. The van der Waals surface area contributed by atoms with E-state index in [0.29, 0.717) is 82.8 Å². The van der Waals surface area contributed by atoms with Gasteiger partial charge in [-0.3, -0.25) is 0 Å².